The SMILES string of the molecule is CC.Cc1ccc(Nc2c(C(=O)N3CC(O)(C4CCCCN4C(=O)O)C3)ccc(F)c2F)c(F)c1.OC1(OOC2CCCCC2)[CH-]C[CH-]C1.[K+]. The third kappa shape index (κ3) is 10.7. The number of hydrogen-bond donors (Lipinski definition) is 4. The van der Waals surface area contributed by atoms with E-state index in [1.807, 2.05) is 20.3 Å². The molecular weight excluding hydrogens is 683 g/mol. The summed E-state index contributed by atoms with van der Waals surface area (Å²) in [6.07, 6.45) is 11.9. The van der Waals surface area contributed by atoms with Gasteiger partial charge in [-0.05, 0) is 68.9 Å². The smallest absolute Gasteiger partial charge is 0.465 e. The van der Waals surface area contributed by atoms with Crippen molar-refractivity contribution >= 4 is 23.4 Å². The number of carboxylic acid groups (broad SMARTS) is 1. The molecular formula is C36H48F3KN3O7-. The molecule has 2 aromatic rings. The van der Waals surface area contributed by atoms with Gasteiger partial charge in [-0.1, -0.05) is 39.2 Å². The first-order valence-electron chi connectivity index (χ1n) is 17.1. The number of aliphatic hydroxyl groups is 2. The number of carbonyl (C=O) groups excluding carboxylic acids is 1. The van der Waals surface area contributed by atoms with Crippen LogP contribution in [0.25, 0.3) is 0 Å². The Bertz CT molecular complexity index is 1430. The van der Waals surface area contributed by atoms with E-state index in [0.717, 1.165) is 37.8 Å². The summed E-state index contributed by atoms with van der Waals surface area (Å²) in [6, 6.07) is 5.40. The standard InChI is InChI=1S/C23H24F3N3O4.C11H18O3.C2H6.K/c1-13-5-8-17(16(25)10-13)27-20-14(6-7-15(24)19(20)26)21(30)28-11-23(33,12-28)18-4-2-3-9-29(18)22(31)32;12-11(8-4-5-9-11)14-13-10-6-2-1-3-7-10;1-2;/h5-8,10,18,27,33H,2-4,9,11-12H2,1H3,(H,31,32);4,9-10,12H,1-3,5-8H2;1-2H3;/q;-2;;+1. The van der Waals surface area contributed by atoms with Crippen LogP contribution in [-0.2, 0) is 9.78 Å². The second kappa shape index (κ2) is 19.4. The number of anilines is 2. The first-order chi connectivity index (χ1) is 23.4. The number of aryl methyl sites for hydroxylation is 1. The van der Waals surface area contributed by atoms with E-state index in [2.05, 4.69) is 5.32 Å². The van der Waals surface area contributed by atoms with E-state index in [-0.39, 0.29) is 81.8 Å². The number of nitrogens with zero attached hydrogens (tertiary/aromatic N) is 2. The van der Waals surface area contributed by atoms with Gasteiger partial charge in [0.15, 0.2) is 11.6 Å². The summed E-state index contributed by atoms with van der Waals surface area (Å²) >= 11 is 0. The monoisotopic (exact) mass is 730 g/mol. The number of hydrogen-bond acceptors (Lipinski definition) is 7. The Kier molecular flexibility index (Phi) is 16.5. The first kappa shape index (κ1) is 42.7. The molecule has 2 saturated carbocycles. The maximum absolute atomic E-state index is 14.6. The molecule has 4 N–H and O–H groups in total. The Morgan fingerprint density at radius 2 is 1.64 bits per heavy atom. The summed E-state index contributed by atoms with van der Waals surface area (Å²) in [5, 5.41) is 32.7. The van der Waals surface area contributed by atoms with Crippen LogP contribution in [0.1, 0.15) is 94.0 Å². The number of benzene rings is 2. The third-order valence-corrected chi connectivity index (χ3v) is 9.22. The zero-order valence-corrected chi connectivity index (χ0v) is 32.5. The summed E-state index contributed by atoms with van der Waals surface area (Å²) < 4.78 is 42.9. The number of β-amino-alcohol motifs (C(OH)–C–C–N with tert-alkyl or cyclic N) is 1. The number of nitrogens with one attached hydrogen (secondary N) is 1. The second-order valence-electron chi connectivity index (χ2n) is 12.9. The van der Waals surface area contributed by atoms with Gasteiger partial charge in [-0.15, -0.1) is 0 Å². The zero-order chi connectivity index (χ0) is 35.8. The van der Waals surface area contributed by atoms with Crippen LogP contribution in [0.4, 0.5) is 29.3 Å². The summed E-state index contributed by atoms with van der Waals surface area (Å²) in [7, 11) is 0. The van der Waals surface area contributed by atoms with Crippen molar-refractivity contribution in [2.75, 3.05) is 25.0 Å². The number of piperidine rings is 1. The van der Waals surface area contributed by atoms with Crippen LogP contribution in [0.3, 0.4) is 0 Å². The number of amides is 2. The summed E-state index contributed by atoms with van der Waals surface area (Å²) in [4.78, 5) is 37.4. The molecule has 2 saturated heterocycles. The fraction of sp³-hybridized carbons (Fsp3) is 0.556. The molecule has 14 heteroatoms. The van der Waals surface area contributed by atoms with Crippen molar-refractivity contribution in [1.82, 2.24) is 9.80 Å². The predicted octanol–water partition coefficient (Wildman–Crippen LogP) is 4.06. The molecule has 2 unspecified atom stereocenters. The van der Waals surface area contributed by atoms with Gasteiger partial charge in [-0.25, -0.2) is 27.7 Å². The minimum Gasteiger partial charge on any atom is -0.465 e. The Morgan fingerprint density at radius 1 is 0.960 bits per heavy atom. The molecule has 2 aliphatic heterocycles. The molecule has 6 rings (SSSR count). The summed E-state index contributed by atoms with van der Waals surface area (Å²) in [5.74, 6) is -5.08. The van der Waals surface area contributed by atoms with Crippen LogP contribution in [0.5, 0.6) is 0 Å². The van der Waals surface area contributed by atoms with Gasteiger partial charge >= 0.3 is 57.5 Å². The van der Waals surface area contributed by atoms with Gasteiger partial charge < -0.3 is 43.3 Å². The van der Waals surface area contributed by atoms with Crippen molar-refractivity contribution < 1.29 is 99.2 Å². The van der Waals surface area contributed by atoms with Gasteiger partial charge in [0, 0.05) is 12.3 Å². The molecule has 0 radical (unpaired) electrons. The molecule has 2 heterocycles. The molecule has 10 nitrogen and oxygen atoms in total. The van der Waals surface area contributed by atoms with E-state index < -0.39 is 52.6 Å². The van der Waals surface area contributed by atoms with Crippen LogP contribution in [-0.4, -0.2) is 80.3 Å². The van der Waals surface area contributed by atoms with Crippen molar-refractivity contribution in [2.24, 2.45) is 0 Å². The molecule has 0 aromatic heterocycles. The van der Waals surface area contributed by atoms with Crippen LogP contribution < -0.4 is 56.7 Å². The Balaban J connectivity index is 0.000000332. The van der Waals surface area contributed by atoms with Crippen molar-refractivity contribution in [2.45, 2.75) is 109 Å². The Morgan fingerprint density at radius 3 is 2.26 bits per heavy atom. The van der Waals surface area contributed by atoms with Gasteiger partial charge in [-0.3, -0.25) is 11.2 Å². The van der Waals surface area contributed by atoms with Crippen LogP contribution in [0.2, 0.25) is 0 Å². The summed E-state index contributed by atoms with van der Waals surface area (Å²) in [6.45, 7) is 5.66. The zero-order valence-electron chi connectivity index (χ0n) is 29.4. The van der Waals surface area contributed by atoms with Gasteiger partial charge in [0.1, 0.15) is 11.4 Å². The normalized spacial score (nSPS) is 22.9. The van der Waals surface area contributed by atoms with E-state index in [0.29, 0.717) is 31.4 Å². The van der Waals surface area contributed by atoms with E-state index in [9.17, 15) is 38.1 Å². The molecule has 2 aliphatic carbocycles. The number of halogens is 3. The fourth-order valence-corrected chi connectivity index (χ4v) is 6.59. The molecule has 2 atom stereocenters. The maximum atomic E-state index is 14.6. The number of likely N-dealkylation sites (tertiary alicyclic amines) is 2. The molecule has 0 spiro atoms. The number of rotatable bonds is 7. The van der Waals surface area contributed by atoms with Gasteiger partial charge in [-0.2, -0.15) is 6.42 Å². The average Bonchev–Trinajstić information content (AvgIpc) is 3.53. The van der Waals surface area contributed by atoms with Crippen LogP contribution in [0, 0.1) is 37.2 Å². The molecule has 4 aliphatic rings. The quantitative estimate of drug-likeness (QED) is 0.110. The Hall–Kier alpha value is -1.75. The molecule has 0 bridgehead atoms. The molecule has 2 amide bonds. The third-order valence-electron chi connectivity index (χ3n) is 9.22. The Labute approximate surface area is 335 Å². The molecule has 4 fully saturated rings. The van der Waals surface area contributed by atoms with Gasteiger partial charge in [0.2, 0.25) is 0 Å². The topological polar surface area (TPSA) is 132 Å². The van der Waals surface area contributed by atoms with E-state index in [4.69, 9.17) is 9.78 Å². The van der Waals surface area contributed by atoms with Crippen LogP contribution in [0.15, 0.2) is 30.3 Å². The maximum Gasteiger partial charge on any atom is 1.00 e. The van der Waals surface area contributed by atoms with Crippen molar-refractivity contribution in [3.8, 4) is 0 Å². The van der Waals surface area contributed by atoms with E-state index in [1.54, 1.807) is 19.4 Å². The first-order valence-corrected chi connectivity index (χ1v) is 17.1. The van der Waals surface area contributed by atoms with Crippen molar-refractivity contribution in [1.29, 1.82) is 0 Å². The van der Waals surface area contributed by atoms with Crippen molar-refractivity contribution in [3.63, 3.8) is 0 Å². The summed E-state index contributed by atoms with van der Waals surface area (Å²) in [5.41, 5.74) is -1.66. The number of carbonyl (C=O) groups is 2. The van der Waals surface area contributed by atoms with Gasteiger partial charge in [0.05, 0.1) is 42.2 Å². The fourth-order valence-electron chi connectivity index (χ4n) is 6.59. The van der Waals surface area contributed by atoms with E-state index in [1.165, 1.54) is 41.2 Å². The van der Waals surface area contributed by atoms with Gasteiger partial charge in [0.25, 0.3) is 5.91 Å². The average molecular weight is 731 g/mol. The second-order valence-corrected chi connectivity index (χ2v) is 12.9. The minimum absolute atomic E-state index is 0. The molecule has 2 aromatic carbocycles. The molecule has 50 heavy (non-hydrogen) atoms. The van der Waals surface area contributed by atoms with Crippen molar-refractivity contribution in [3.05, 3.63) is 71.8 Å². The molecule has 272 valence electrons. The minimum atomic E-state index is -1.43. The largest absolute Gasteiger partial charge is 1.00 e. The predicted molar refractivity (Wildman–Crippen MR) is 177 cm³/mol. The van der Waals surface area contributed by atoms with E-state index >= 15 is 0 Å². The van der Waals surface area contributed by atoms with Crippen LogP contribution >= 0.6 is 0 Å².